The summed E-state index contributed by atoms with van der Waals surface area (Å²) in [7, 11) is 1.40. The predicted molar refractivity (Wildman–Crippen MR) is 72.4 cm³/mol. The Morgan fingerprint density at radius 2 is 2.26 bits per heavy atom. The summed E-state index contributed by atoms with van der Waals surface area (Å²) in [6.07, 6.45) is 3.78. The molecule has 1 saturated carbocycles. The molecule has 1 aliphatic rings. The van der Waals surface area contributed by atoms with Gasteiger partial charge >= 0.3 is 5.97 Å². The summed E-state index contributed by atoms with van der Waals surface area (Å²) in [6, 6.07) is 6.21. The number of methoxy groups -OCH3 is 1. The molecule has 2 unspecified atom stereocenters. The summed E-state index contributed by atoms with van der Waals surface area (Å²) in [6.45, 7) is 2.04. The number of halogens is 1. The molecule has 2 rings (SSSR count). The van der Waals surface area contributed by atoms with Gasteiger partial charge < -0.3 is 10.1 Å². The molecular formula is C15H20FNO2. The van der Waals surface area contributed by atoms with E-state index in [1.807, 2.05) is 6.92 Å². The molecule has 0 radical (unpaired) electrons. The van der Waals surface area contributed by atoms with Crippen molar-refractivity contribution in [2.24, 2.45) is 5.92 Å². The normalized spacial score (nSPS) is 26.8. The van der Waals surface area contributed by atoms with Crippen LogP contribution >= 0.6 is 0 Å². The highest BCUT2D eigenvalue weighted by Crippen LogP contribution is 2.37. The Bertz CT molecular complexity index is 463. The van der Waals surface area contributed by atoms with Crippen molar-refractivity contribution in [2.45, 2.75) is 38.1 Å². The second kappa shape index (κ2) is 5.59. The maximum absolute atomic E-state index is 13.3. The highest BCUT2D eigenvalue weighted by atomic mass is 19.1. The van der Waals surface area contributed by atoms with E-state index in [1.165, 1.54) is 19.2 Å². The SMILES string of the molecule is COC(=O)C1(Nc2cccc(F)c2)CCCCC1C. The number of hydrogen-bond donors (Lipinski definition) is 1. The van der Waals surface area contributed by atoms with Gasteiger partial charge in [0.15, 0.2) is 0 Å². The van der Waals surface area contributed by atoms with Gasteiger partial charge in [0.2, 0.25) is 0 Å². The number of rotatable bonds is 3. The molecule has 0 aromatic heterocycles. The molecule has 0 heterocycles. The van der Waals surface area contributed by atoms with Crippen molar-refractivity contribution in [3.8, 4) is 0 Å². The van der Waals surface area contributed by atoms with Gasteiger partial charge in [-0.2, -0.15) is 0 Å². The lowest BCUT2D eigenvalue weighted by molar-refractivity contribution is -0.149. The predicted octanol–water partition coefficient (Wildman–Crippen LogP) is 3.36. The number of ether oxygens (including phenoxy) is 1. The summed E-state index contributed by atoms with van der Waals surface area (Å²) in [5.74, 6) is -0.408. The first kappa shape index (κ1) is 13.8. The zero-order valence-corrected chi connectivity index (χ0v) is 11.4. The quantitative estimate of drug-likeness (QED) is 0.852. The van der Waals surface area contributed by atoms with Gasteiger partial charge in [0.05, 0.1) is 7.11 Å². The number of hydrogen-bond acceptors (Lipinski definition) is 3. The maximum Gasteiger partial charge on any atom is 0.331 e. The Morgan fingerprint density at radius 3 is 2.89 bits per heavy atom. The molecule has 3 nitrogen and oxygen atoms in total. The first-order chi connectivity index (χ1) is 9.08. The molecule has 0 saturated heterocycles. The molecule has 2 atom stereocenters. The van der Waals surface area contributed by atoms with E-state index in [9.17, 15) is 9.18 Å². The van der Waals surface area contributed by atoms with Crippen LogP contribution in [-0.2, 0) is 9.53 Å². The van der Waals surface area contributed by atoms with E-state index < -0.39 is 5.54 Å². The lowest BCUT2D eigenvalue weighted by Crippen LogP contribution is -2.54. The second-order valence-corrected chi connectivity index (χ2v) is 5.25. The van der Waals surface area contributed by atoms with Crippen LogP contribution in [0.3, 0.4) is 0 Å². The Kier molecular flexibility index (Phi) is 4.08. The molecule has 104 valence electrons. The number of carbonyl (C=O) groups excluding carboxylic acids is 1. The van der Waals surface area contributed by atoms with Crippen molar-refractivity contribution in [2.75, 3.05) is 12.4 Å². The Hall–Kier alpha value is -1.58. The molecule has 1 aliphatic carbocycles. The summed E-state index contributed by atoms with van der Waals surface area (Å²) in [5.41, 5.74) is -0.111. The van der Waals surface area contributed by atoms with E-state index in [1.54, 1.807) is 12.1 Å². The lowest BCUT2D eigenvalue weighted by Gasteiger charge is -2.41. The van der Waals surface area contributed by atoms with Gasteiger partial charge in [-0.3, -0.25) is 0 Å². The summed E-state index contributed by atoms with van der Waals surface area (Å²) in [4.78, 5) is 12.2. The van der Waals surface area contributed by atoms with Gasteiger partial charge in [0.25, 0.3) is 0 Å². The van der Waals surface area contributed by atoms with Gasteiger partial charge in [-0.1, -0.05) is 25.8 Å². The van der Waals surface area contributed by atoms with E-state index >= 15 is 0 Å². The van der Waals surface area contributed by atoms with Crippen LogP contribution in [0.2, 0.25) is 0 Å². The smallest absolute Gasteiger partial charge is 0.331 e. The van der Waals surface area contributed by atoms with E-state index in [0.717, 1.165) is 25.7 Å². The van der Waals surface area contributed by atoms with Crippen LogP contribution < -0.4 is 5.32 Å². The molecule has 0 aliphatic heterocycles. The van der Waals surface area contributed by atoms with Crippen molar-refractivity contribution in [1.82, 2.24) is 0 Å². The number of anilines is 1. The Balaban J connectivity index is 2.30. The Morgan fingerprint density at radius 1 is 1.47 bits per heavy atom. The lowest BCUT2D eigenvalue weighted by atomic mass is 9.73. The van der Waals surface area contributed by atoms with Crippen LogP contribution in [-0.4, -0.2) is 18.6 Å². The van der Waals surface area contributed by atoms with Crippen LogP contribution in [0.25, 0.3) is 0 Å². The highest BCUT2D eigenvalue weighted by Gasteiger charge is 2.46. The molecule has 0 amide bonds. The van der Waals surface area contributed by atoms with Crippen LogP contribution in [0.4, 0.5) is 10.1 Å². The highest BCUT2D eigenvalue weighted by molar-refractivity contribution is 5.85. The topological polar surface area (TPSA) is 38.3 Å². The molecule has 1 aromatic carbocycles. The van der Waals surface area contributed by atoms with Crippen LogP contribution in [0, 0.1) is 11.7 Å². The van der Waals surface area contributed by atoms with Crippen LogP contribution in [0.5, 0.6) is 0 Å². The maximum atomic E-state index is 13.3. The Labute approximate surface area is 113 Å². The van der Waals surface area contributed by atoms with E-state index in [4.69, 9.17) is 4.74 Å². The second-order valence-electron chi connectivity index (χ2n) is 5.25. The third-order valence-electron chi connectivity index (χ3n) is 4.04. The minimum absolute atomic E-state index is 0.164. The van der Waals surface area contributed by atoms with Gasteiger partial charge in [0, 0.05) is 5.69 Å². The zero-order valence-electron chi connectivity index (χ0n) is 11.4. The molecule has 4 heteroatoms. The summed E-state index contributed by atoms with van der Waals surface area (Å²) >= 11 is 0. The van der Waals surface area contributed by atoms with Crippen molar-refractivity contribution in [1.29, 1.82) is 0 Å². The molecule has 1 aromatic rings. The average Bonchev–Trinajstić information content (AvgIpc) is 2.40. The van der Waals surface area contributed by atoms with E-state index in [0.29, 0.717) is 5.69 Å². The minimum Gasteiger partial charge on any atom is -0.467 e. The molecule has 1 N–H and O–H groups in total. The number of esters is 1. The molecule has 1 fully saturated rings. The summed E-state index contributed by atoms with van der Waals surface area (Å²) in [5, 5.41) is 3.22. The fourth-order valence-corrected chi connectivity index (χ4v) is 2.89. The molecule has 0 bridgehead atoms. The fraction of sp³-hybridized carbons (Fsp3) is 0.533. The van der Waals surface area contributed by atoms with Gasteiger partial charge in [-0.15, -0.1) is 0 Å². The monoisotopic (exact) mass is 265 g/mol. The van der Waals surface area contributed by atoms with Crippen LogP contribution in [0.15, 0.2) is 24.3 Å². The van der Waals surface area contributed by atoms with E-state index in [-0.39, 0.29) is 17.7 Å². The van der Waals surface area contributed by atoms with Crippen molar-refractivity contribution in [3.05, 3.63) is 30.1 Å². The standard InChI is InChI=1S/C15H20FNO2/c1-11-6-3-4-9-15(11,14(18)19-2)17-13-8-5-7-12(16)10-13/h5,7-8,10-11,17H,3-4,6,9H2,1-2H3. The third-order valence-corrected chi connectivity index (χ3v) is 4.04. The van der Waals surface area contributed by atoms with Crippen molar-refractivity contribution < 1.29 is 13.9 Å². The van der Waals surface area contributed by atoms with Crippen molar-refractivity contribution in [3.63, 3.8) is 0 Å². The molecule has 0 spiro atoms. The number of carbonyl (C=O) groups is 1. The number of benzene rings is 1. The summed E-state index contributed by atoms with van der Waals surface area (Å²) < 4.78 is 18.2. The minimum atomic E-state index is -0.735. The fourth-order valence-electron chi connectivity index (χ4n) is 2.89. The first-order valence-electron chi connectivity index (χ1n) is 6.70. The molecule has 19 heavy (non-hydrogen) atoms. The largest absolute Gasteiger partial charge is 0.467 e. The zero-order chi connectivity index (χ0) is 13.9. The van der Waals surface area contributed by atoms with Crippen LogP contribution in [0.1, 0.15) is 32.6 Å². The molecular weight excluding hydrogens is 245 g/mol. The average molecular weight is 265 g/mol. The third kappa shape index (κ3) is 2.72. The van der Waals surface area contributed by atoms with E-state index in [2.05, 4.69) is 5.32 Å². The van der Waals surface area contributed by atoms with Gasteiger partial charge in [-0.25, -0.2) is 9.18 Å². The van der Waals surface area contributed by atoms with Gasteiger partial charge in [-0.05, 0) is 37.0 Å². The van der Waals surface area contributed by atoms with Gasteiger partial charge in [0.1, 0.15) is 11.4 Å². The first-order valence-corrected chi connectivity index (χ1v) is 6.70. The number of nitrogens with one attached hydrogen (secondary N) is 1. The van der Waals surface area contributed by atoms with Crippen molar-refractivity contribution >= 4 is 11.7 Å².